The van der Waals surface area contributed by atoms with E-state index in [2.05, 4.69) is 19.1 Å². The van der Waals surface area contributed by atoms with E-state index in [1.807, 2.05) is 12.2 Å². The van der Waals surface area contributed by atoms with E-state index in [1.54, 1.807) is 0 Å². The minimum Gasteiger partial charge on any atom is -0.327 e. The number of hydrogen-bond donors (Lipinski definition) is 1. The van der Waals surface area contributed by atoms with E-state index >= 15 is 0 Å². The van der Waals surface area contributed by atoms with Crippen molar-refractivity contribution in [2.45, 2.75) is 90.4 Å². The Kier molecular flexibility index (Phi) is 17.9. The van der Waals surface area contributed by atoms with Crippen molar-refractivity contribution in [3.8, 4) is 0 Å². The molecule has 0 aromatic carbocycles. The molecule has 0 aromatic heterocycles. The highest BCUT2D eigenvalue weighted by atomic mass is 14.5. The maximum atomic E-state index is 5.37. The van der Waals surface area contributed by atoms with Gasteiger partial charge in [-0.05, 0) is 12.8 Å². The molecule has 0 aromatic rings. The first kappa shape index (κ1) is 19.4. The van der Waals surface area contributed by atoms with Crippen LogP contribution in [0.5, 0.6) is 0 Å². The van der Waals surface area contributed by atoms with E-state index in [0.29, 0.717) is 6.54 Å². The minimum absolute atomic E-state index is 0.642. The van der Waals surface area contributed by atoms with Crippen molar-refractivity contribution < 1.29 is 0 Å². The van der Waals surface area contributed by atoms with Gasteiger partial charge in [-0.2, -0.15) is 0 Å². The molecule has 2 N–H and O–H groups in total. The van der Waals surface area contributed by atoms with Gasteiger partial charge in [0.2, 0.25) is 0 Å². The van der Waals surface area contributed by atoms with Gasteiger partial charge in [0.1, 0.15) is 0 Å². The lowest BCUT2D eigenvalue weighted by Gasteiger charge is -2.02. The molecule has 0 fully saturated rings. The molecule has 1 heteroatoms. The van der Waals surface area contributed by atoms with Crippen LogP contribution in [0.4, 0.5) is 0 Å². The Hall–Kier alpha value is -0.560. The molecule has 0 unspecified atom stereocenters. The molecule has 0 spiro atoms. The molecule has 118 valence electrons. The summed E-state index contributed by atoms with van der Waals surface area (Å²) < 4.78 is 0. The van der Waals surface area contributed by atoms with Crippen molar-refractivity contribution in [3.05, 3.63) is 24.3 Å². The van der Waals surface area contributed by atoms with Crippen molar-refractivity contribution in [2.75, 3.05) is 6.54 Å². The van der Waals surface area contributed by atoms with Gasteiger partial charge in [0, 0.05) is 6.54 Å². The van der Waals surface area contributed by atoms with Crippen molar-refractivity contribution in [1.29, 1.82) is 0 Å². The number of nitrogens with two attached hydrogens (primary N) is 1. The fourth-order valence-corrected chi connectivity index (χ4v) is 2.44. The van der Waals surface area contributed by atoms with Crippen LogP contribution in [0.1, 0.15) is 90.4 Å². The quantitative estimate of drug-likeness (QED) is 0.282. The summed E-state index contributed by atoms with van der Waals surface area (Å²) in [6.45, 7) is 2.93. The van der Waals surface area contributed by atoms with Gasteiger partial charge in [-0.1, -0.05) is 102 Å². The standard InChI is InChI=1S/C19H37N/c1-2-3-4-5-6-7-8-9-10-11-12-13-14-15-16-17-18-19-20/h15-18H,2-14,19-20H2,1H3/b16-15+,18-17+. The Morgan fingerprint density at radius 1 is 0.600 bits per heavy atom. The second-order valence-electron chi connectivity index (χ2n) is 5.77. The summed E-state index contributed by atoms with van der Waals surface area (Å²) in [7, 11) is 0. The molecule has 0 saturated heterocycles. The van der Waals surface area contributed by atoms with Gasteiger partial charge in [0.25, 0.3) is 0 Å². The maximum absolute atomic E-state index is 5.37. The molecule has 1 nitrogen and oxygen atoms in total. The number of hydrogen-bond acceptors (Lipinski definition) is 1. The summed E-state index contributed by atoms with van der Waals surface area (Å²) in [5.41, 5.74) is 5.37. The first-order valence-electron chi connectivity index (χ1n) is 8.93. The van der Waals surface area contributed by atoms with E-state index in [-0.39, 0.29) is 0 Å². The fraction of sp³-hybridized carbons (Fsp3) is 0.789. The Morgan fingerprint density at radius 2 is 1.05 bits per heavy atom. The monoisotopic (exact) mass is 279 g/mol. The topological polar surface area (TPSA) is 26.0 Å². The first-order valence-corrected chi connectivity index (χ1v) is 8.93. The zero-order valence-corrected chi connectivity index (χ0v) is 13.8. The van der Waals surface area contributed by atoms with E-state index in [9.17, 15) is 0 Å². The molecule has 0 bridgehead atoms. The highest BCUT2D eigenvalue weighted by molar-refractivity contribution is 5.02. The van der Waals surface area contributed by atoms with Gasteiger partial charge >= 0.3 is 0 Å². The zero-order valence-electron chi connectivity index (χ0n) is 13.8. The third kappa shape index (κ3) is 17.4. The lowest BCUT2D eigenvalue weighted by Crippen LogP contribution is -1.91. The molecule has 0 saturated carbocycles. The van der Waals surface area contributed by atoms with Crippen LogP contribution in [0, 0.1) is 0 Å². The molecule has 0 radical (unpaired) electrons. The van der Waals surface area contributed by atoms with Crippen LogP contribution in [0.15, 0.2) is 24.3 Å². The highest BCUT2D eigenvalue weighted by Gasteiger charge is 1.92. The Bertz CT molecular complexity index is 218. The second kappa shape index (κ2) is 18.4. The molecule has 0 aliphatic carbocycles. The third-order valence-electron chi connectivity index (χ3n) is 3.74. The minimum atomic E-state index is 0.642. The lowest BCUT2D eigenvalue weighted by atomic mass is 10.0. The van der Waals surface area contributed by atoms with Crippen LogP contribution in [0.2, 0.25) is 0 Å². The van der Waals surface area contributed by atoms with Crippen LogP contribution in [-0.4, -0.2) is 6.54 Å². The molecule has 20 heavy (non-hydrogen) atoms. The molecule has 0 aliphatic rings. The molecular weight excluding hydrogens is 242 g/mol. The summed E-state index contributed by atoms with van der Waals surface area (Å²) in [5, 5.41) is 0. The molecule has 0 amide bonds. The van der Waals surface area contributed by atoms with Crippen molar-refractivity contribution in [3.63, 3.8) is 0 Å². The van der Waals surface area contributed by atoms with Crippen molar-refractivity contribution in [2.24, 2.45) is 5.73 Å². The number of allylic oxidation sites excluding steroid dienone is 3. The first-order chi connectivity index (χ1) is 9.91. The highest BCUT2D eigenvalue weighted by Crippen LogP contribution is 2.12. The predicted octanol–water partition coefficient (Wildman–Crippen LogP) is 6.15. The van der Waals surface area contributed by atoms with Gasteiger partial charge in [-0.25, -0.2) is 0 Å². The van der Waals surface area contributed by atoms with Crippen LogP contribution in [-0.2, 0) is 0 Å². The number of rotatable bonds is 15. The average Bonchev–Trinajstić information content (AvgIpc) is 2.47. The summed E-state index contributed by atoms with van der Waals surface area (Å²) in [4.78, 5) is 0. The molecule has 0 aliphatic heterocycles. The van der Waals surface area contributed by atoms with Crippen LogP contribution in [0.3, 0.4) is 0 Å². The second-order valence-corrected chi connectivity index (χ2v) is 5.77. The van der Waals surface area contributed by atoms with Gasteiger partial charge in [-0.3, -0.25) is 0 Å². The Balaban J connectivity index is 3.02. The summed E-state index contributed by atoms with van der Waals surface area (Å²) in [6.07, 6.45) is 26.7. The van der Waals surface area contributed by atoms with Crippen molar-refractivity contribution in [1.82, 2.24) is 0 Å². The van der Waals surface area contributed by atoms with Gasteiger partial charge in [0.15, 0.2) is 0 Å². The van der Waals surface area contributed by atoms with E-state index in [1.165, 1.54) is 83.5 Å². The SMILES string of the molecule is CCCCCCCCCCCCCC/C=C/C=C/CN. The Morgan fingerprint density at radius 3 is 1.55 bits per heavy atom. The van der Waals surface area contributed by atoms with Crippen LogP contribution < -0.4 is 5.73 Å². The van der Waals surface area contributed by atoms with E-state index in [4.69, 9.17) is 5.73 Å². The van der Waals surface area contributed by atoms with E-state index < -0.39 is 0 Å². The van der Waals surface area contributed by atoms with E-state index in [0.717, 1.165) is 0 Å². The van der Waals surface area contributed by atoms with Crippen LogP contribution in [0.25, 0.3) is 0 Å². The fourth-order valence-electron chi connectivity index (χ4n) is 2.44. The van der Waals surface area contributed by atoms with Gasteiger partial charge < -0.3 is 5.73 Å². The predicted molar refractivity (Wildman–Crippen MR) is 93.0 cm³/mol. The summed E-state index contributed by atoms with van der Waals surface area (Å²) in [5.74, 6) is 0. The zero-order chi connectivity index (χ0) is 14.7. The van der Waals surface area contributed by atoms with Crippen LogP contribution >= 0.6 is 0 Å². The molecular formula is C19H37N. The smallest absolute Gasteiger partial charge is 0.0109 e. The largest absolute Gasteiger partial charge is 0.327 e. The van der Waals surface area contributed by atoms with Gasteiger partial charge in [-0.15, -0.1) is 0 Å². The third-order valence-corrected chi connectivity index (χ3v) is 3.74. The molecule has 0 heterocycles. The Labute approximate surface area is 127 Å². The average molecular weight is 280 g/mol. The lowest BCUT2D eigenvalue weighted by molar-refractivity contribution is 0.545. The molecule has 0 rings (SSSR count). The van der Waals surface area contributed by atoms with Gasteiger partial charge in [0.05, 0.1) is 0 Å². The maximum Gasteiger partial charge on any atom is 0.0109 e. The normalized spacial score (nSPS) is 11.9. The van der Waals surface area contributed by atoms with Crippen molar-refractivity contribution >= 4 is 0 Å². The summed E-state index contributed by atoms with van der Waals surface area (Å²) >= 11 is 0. The summed E-state index contributed by atoms with van der Waals surface area (Å²) in [6, 6.07) is 0. The number of unbranched alkanes of at least 4 members (excludes halogenated alkanes) is 12. The molecule has 0 atom stereocenters.